The molecule has 0 radical (unpaired) electrons. The van der Waals surface area contributed by atoms with Gasteiger partial charge in [0.15, 0.2) is 0 Å². The molecule has 0 aromatic carbocycles. The lowest BCUT2D eigenvalue weighted by molar-refractivity contribution is 1.40. The first-order chi connectivity index (χ1) is 7.74. The van der Waals surface area contributed by atoms with E-state index in [0.29, 0.717) is 0 Å². The molecule has 4 heteroatoms. The Morgan fingerprint density at radius 2 is 1.25 bits per heavy atom. The minimum absolute atomic E-state index is 0.114. The van der Waals surface area contributed by atoms with Gasteiger partial charge >= 0.3 is 0 Å². The summed E-state index contributed by atoms with van der Waals surface area (Å²) in [6.07, 6.45) is 5.44. The molecule has 0 bridgehead atoms. The summed E-state index contributed by atoms with van der Waals surface area (Å²) in [5, 5.41) is 35.1. The van der Waals surface area contributed by atoms with E-state index < -0.39 is 0 Å². The molecule has 4 nitrogen and oxygen atoms in total. The quantitative estimate of drug-likeness (QED) is 0.600. The van der Waals surface area contributed by atoms with Crippen LogP contribution in [0.2, 0.25) is 0 Å². The van der Waals surface area contributed by atoms with Gasteiger partial charge in [-0.3, -0.25) is 0 Å². The van der Waals surface area contributed by atoms with Gasteiger partial charge in [-0.25, -0.2) is 0 Å². The van der Waals surface area contributed by atoms with E-state index >= 15 is 0 Å². The van der Waals surface area contributed by atoms with E-state index in [0.717, 1.165) is 0 Å². The molecule has 0 unspecified atom stereocenters. The molecule has 0 atom stereocenters. The fourth-order valence-electron chi connectivity index (χ4n) is 1.08. The lowest BCUT2D eigenvalue weighted by Gasteiger charge is -1.98. The first-order valence-corrected chi connectivity index (χ1v) is 4.21. The molecule has 0 aromatic rings. The van der Waals surface area contributed by atoms with Crippen LogP contribution in [0.5, 0.6) is 0 Å². The Morgan fingerprint density at radius 3 is 1.75 bits per heavy atom. The van der Waals surface area contributed by atoms with Gasteiger partial charge in [0.25, 0.3) is 0 Å². The lowest BCUT2D eigenvalue weighted by Crippen LogP contribution is -1.89. The van der Waals surface area contributed by atoms with E-state index in [9.17, 15) is 0 Å². The molecule has 0 amide bonds. The molecule has 16 heavy (non-hydrogen) atoms. The van der Waals surface area contributed by atoms with E-state index in [2.05, 4.69) is 0 Å². The lowest BCUT2D eigenvalue weighted by atomic mass is 10.0. The van der Waals surface area contributed by atoms with Crippen LogP contribution in [0, 0.1) is 45.3 Å². The van der Waals surface area contributed by atoms with Crippen molar-refractivity contribution in [3.05, 3.63) is 46.6 Å². The Morgan fingerprint density at radius 1 is 0.625 bits per heavy atom. The monoisotopic (exact) mass is 204 g/mol. The zero-order chi connectivity index (χ0) is 12.0. The van der Waals surface area contributed by atoms with Crippen LogP contribution < -0.4 is 0 Å². The molecule has 0 spiro atoms. The van der Waals surface area contributed by atoms with Crippen molar-refractivity contribution in [3.8, 4) is 24.3 Å². The van der Waals surface area contributed by atoms with Gasteiger partial charge in [-0.05, 0) is 24.3 Å². The first-order valence-electron chi connectivity index (χ1n) is 4.21. The summed E-state index contributed by atoms with van der Waals surface area (Å²) in [4.78, 5) is 0. The maximum atomic E-state index is 8.81. The summed E-state index contributed by atoms with van der Waals surface area (Å²) < 4.78 is 0. The smallest absolute Gasteiger partial charge is 0.101 e. The SMILES string of the molecule is N#CC1=C/C=C(C#N)\C(C#N)=C/C(C#N)=C\1. The van der Waals surface area contributed by atoms with E-state index in [1.54, 1.807) is 0 Å². The Balaban J connectivity index is 3.44. The minimum atomic E-state index is 0.114. The number of hydrogen-bond acceptors (Lipinski definition) is 4. The second-order valence-corrected chi connectivity index (χ2v) is 2.81. The normalized spacial score (nSPS) is 27.2. The van der Waals surface area contributed by atoms with Crippen molar-refractivity contribution in [3.63, 3.8) is 0 Å². The van der Waals surface area contributed by atoms with E-state index in [1.807, 2.05) is 24.3 Å². The molecule has 0 heterocycles. The van der Waals surface area contributed by atoms with Gasteiger partial charge in [0.05, 0.1) is 34.4 Å². The average Bonchev–Trinajstić information content (AvgIpc) is 2.30. The molecule has 0 N–H and O–H groups in total. The molecular formula is C12H4N4. The summed E-state index contributed by atoms with van der Waals surface area (Å²) in [6.45, 7) is 0. The highest BCUT2D eigenvalue weighted by atomic mass is 14.3. The summed E-state index contributed by atoms with van der Waals surface area (Å²) in [5.41, 5.74) is 0.683. The molecule has 0 fully saturated rings. The van der Waals surface area contributed by atoms with Crippen LogP contribution in [0.4, 0.5) is 0 Å². The maximum absolute atomic E-state index is 8.81. The second kappa shape index (κ2) is 4.97. The highest BCUT2D eigenvalue weighted by molar-refractivity contribution is 5.60. The number of nitrogens with zero attached hydrogens (tertiary/aromatic N) is 4. The fourth-order valence-corrected chi connectivity index (χ4v) is 1.08. The van der Waals surface area contributed by atoms with Crippen LogP contribution in [0.3, 0.4) is 0 Å². The highest BCUT2D eigenvalue weighted by Gasteiger charge is 2.07. The average molecular weight is 204 g/mol. The van der Waals surface area contributed by atoms with Crippen LogP contribution in [0.1, 0.15) is 0 Å². The maximum Gasteiger partial charge on any atom is 0.101 e. The van der Waals surface area contributed by atoms with Crippen LogP contribution in [0.25, 0.3) is 0 Å². The van der Waals surface area contributed by atoms with Crippen molar-refractivity contribution in [2.24, 2.45) is 0 Å². The van der Waals surface area contributed by atoms with Crippen LogP contribution in [0.15, 0.2) is 46.6 Å². The summed E-state index contributed by atoms with van der Waals surface area (Å²) in [5.74, 6) is 0. The van der Waals surface area contributed by atoms with Gasteiger partial charge in [0, 0.05) is 0 Å². The van der Waals surface area contributed by atoms with Gasteiger partial charge in [-0.15, -0.1) is 0 Å². The van der Waals surface area contributed by atoms with Crippen molar-refractivity contribution >= 4 is 0 Å². The van der Waals surface area contributed by atoms with Gasteiger partial charge in [-0.2, -0.15) is 21.0 Å². The van der Waals surface area contributed by atoms with Crippen LogP contribution >= 0.6 is 0 Å². The molecule has 72 valence electrons. The number of rotatable bonds is 0. The Labute approximate surface area is 92.6 Å². The van der Waals surface area contributed by atoms with E-state index in [-0.39, 0.29) is 22.3 Å². The molecule has 1 rings (SSSR count). The molecule has 1 aliphatic carbocycles. The zero-order valence-electron chi connectivity index (χ0n) is 8.10. The van der Waals surface area contributed by atoms with Gasteiger partial charge in [0.1, 0.15) is 12.1 Å². The summed E-state index contributed by atoms with van der Waals surface area (Å²) >= 11 is 0. The third kappa shape index (κ3) is 2.24. The third-order valence-electron chi connectivity index (χ3n) is 1.83. The van der Waals surface area contributed by atoms with Crippen molar-refractivity contribution in [2.45, 2.75) is 0 Å². The molecule has 0 saturated heterocycles. The van der Waals surface area contributed by atoms with Crippen LogP contribution in [-0.2, 0) is 0 Å². The van der Waals surface area contributed by atoms with Crippen molar-refractivity contribution in [2.75, 3.05) is 0 Å². The van der Waals surface area contributed by atoms with E-state index in [4.69, 9.17) is 21.0 Å². The van der Waals surface area contributed by atoms with Crippen molar-refractivity contribution in [1.82, 2.24) is 0 Å². The minimum Gasteiger partial charge on any atom is -0.192 e. The molecule has 0 aliphatic heterocycles. The van der Waals surface area contributed by atoms with Crippen molar-refractivity contribution < 1.29 is 0 Å². The Bertz CT molecular complexity index is 601. The summed E-state index contributed by atoms with van der Waals surface area (Å²) in [7, 11) is 0. The standard InChI is InChI=1S/C12H4N4/c13-5-9-1-2-11(7-15)12(8-16)4-10(3-9)6-14/h1-4H/b2-1?,9-1+,9-3?,10-3+,10-4?,11-2-,12-4-,12-11?. The van der Waals surface area contributed by atoms with Crippen LogP contribution in [-0.4, -0.2) is 0 Å². The number of nitriles is 4. The van der Waals surface area contributed by atoms with Gasteiger partial charge in [0.2, 0.25) is 0 Å². The highest BCUT2D eigenvalue weighted by Crippen LogP contribution is 2.16. The first kappa shape index (κ1) is 11.0. The number of hydrogen-bond donors (Lipinski definition) is 0. The fraction of sp³-hybridized carbons (Fsp3) is 0. The van der Waals surface area contributed by atoms with Crippen molar-refractivity contribution in [1.29, 1.82) is 21.0 Å². The molecule has 0 saturated carbocycles. The number of allylic oxidation sites excluding steroid dienone is 8. The van der Waals surface area contributed by atoms with Gasteiger partial charge in [-0.1, -0.05) is 0 Å². The Kier molecular flexibility index (Phi) is 3.41. The predicted octanol–water partition coefficient (Wildman–Crippen LogP) is 1.80. The zero-order valence-corrected chi connectivity index (χ0v) is 8.10. The molecule has 1 aliphatic rings. The van der Waals surface area contributed by atoms with Gasteiger partial charge < -0.3 is 0 Å². The second-order valence-electron chi connectivity index (χ2n) is 2.81. The largest absolute Gasteiger partial charge is 0.192 e. The third-order valence-corrected chi connectivity index (χ3v) is 1.83. The Hall–Kier alpha value is -3.08. The topological polar surface area (TPSA) is 95.2 Å². The summed E-state index contributed by atoms with van der Waals surface area (Å²) in [6, 6.07) is 7.41. The van der Waals surface area contributed by atoms with E-state index in [1.165, 1.54) is 24.3 Å². The molecule has 0 aromatic heterocycles. The predicted molar refractivity (Wildman–Crippen MR) is 54.8 cm³/mol. The molecular weight excluding hydrogens is 200 g/mol.